The molecule has 2 rings (SSSR count). The molecule has 1 heterocycles. The van der Waals surface area contributed by atoms with Crippen LogP contribution >= 0.6 is 0 Å². The SMILES string of the molecule is CCOC(=O)c1cc2cccc(OS(=O)(=O)C(F)(F)F)c2n1C. The van der Waals surface area contributed by atoms with E-state index in [0.29, 0.717) is 5.39 Å². The Bertz CT molecular complexity index is 854. The molecule has 6 nitrogen and oxygen atoms in total. The molecule has 23 heavy (non-hydrogen) atoms. The minimum absolute atomic E-state index is 0.0309. The molecule has 0 aliphatic carbocycles. The van der Waals surface area contributed by atoms with Crippen molar-refractivity contribution in [1.29, 1.82) is 0 Å². The summed E-state index contributed by atoms with van der Waals surface area (Å²) >= 11 is 0. The molecule has 0 saturated heterocycles. The Morgan fingerprint density at radius 3 is 2.52 bits per heavy atom. The van der Waals surface area contributed by atoms with Gasteiger partial charge in [-0.2, -0.15) is 21.6 Å². The minimum atomic E-state index is -5.81. The van der Waals surface area contributed by atoms with Gasteiger partial charge in [0.15, 0.2) is 5.75 Å². The number of halogens is 3. The zero-order chi connectivity index (χ0) is 17.4. The van der Waals surface area contributed by atoms with E-state index < -0.39 is 27.3 Å². The van der Waals surface area contributed by atoms with Crippen molar-refractivity contribution in [3.8, 4) is 5.75 Å². The fourth-order valence-electron chi connectivity index (χ4n) is 2.01. The quantitative estimate of drug-likeness (QED) is 0.481. The van der Waals surface area contributed by atoms with E-state index in [4.69, 9.17) is 4.74 Å². The summed E-state index contributed by atoms with van der Waals surface area (Å²) in [5.41, 5.74) is -5.46. The summed E-state index contributed by atoms with van der Waals surface area (Å²) in [5, 5.41) is 0.338. The van der Waals surface area contributed by atoms with Crippen molar-refractivity contribution >= 4 is 27.0 Å². The maximum absolute atomic E-state index is 12.5. The lowest BCUT2D eigenvalue weighted by Crippen LogP contribution is -2.28. The number of aromatic nitrogens is 1. The highest BCUT2D eigenvalue weighted by molar-refractivity contribution is 7.88. The van der Waals surface area contributed by atoms with Gasteiger partial charge in [0.2, 0.25) is 0 Å². The first kappa shape index (κ1) is 17.1. The summed E-state index contributed by atoms with van der Waals surface area (Å²) in [6.07, 6.45) is 0. The molecule has 0 saturated carbocycles. The second-order valence-electron chi connectivity index (χ2n) is 4.49. The molecule has 10 heteroatoms. The number of fused-ring (bicyclic) bond motifs is 1. The molecular weight excluding hydrogens is 339 g/mol. The first-order chi connectivity index (χ1) is 10.6. The van der Waals surface area contributed by atoms with E-state index in [-0.39, 0.29) is 17.8 Å². The van der Waals surface area contributed by atoms with Crippen LogP contribution in [0.4, 0.5) is 13.2 Å². The van der Waals surface area contributed by atoms with Crippen molar-refractivity contribution in [3.05, 3.63) is 30.0 Å². The van der Waals surface area contributed by atoms with E-state index in [1.165, 1.54) is 29.8 Å². The van der Waals surface area contributed by atoms with Crippen LogP contribution in [-0.4, -0.2) is 31.1 Å². The fourth-order valence-corrected chi connectivity index (χ4v) is 2.48. The molecule has 0 spiro atoms. The molecule has 0 N–H and O–H groups in total. The number of aryl methyl sites for hydroxylation is 1. The average molecular weight is 351 g/mol. The second-order valence-corrected chi connectivity index (χ2v) is 6.02. The van der Waals surface area contributed by atoms with Crippen LogP contribution in [0.1, 0.15) is 17.4 Å². The van der Waals surface area contributed by atoms with E-state index in [2.05, 4.69) is 4.18 Å². The van der Waals surface area contributed by atoms with E-state index in [1.807, 2.05) is 0 Å². The highest BCUT2D eigenvalue weighted by Crippen LogP contribution is 2.33. The van der Waals surface area contributed by atoms with Gasteiger partial charge in [-0.05, 0) is 19.1 Å². The van der Waals surface area contributed by atoms with Crippen LogP contribution in [0.2, 0.25) is 0 Å². The van der Waals surface area contributed by atoms with Crippen molar-refractivity contribution in [1.82, 2.24) is 4.57 Å². The number of esters is 1. The number of ether oxygens (including phenoxy) is 1. The van der Waals surface area contributed by atoms with Crippen molar-refractivity contribution in [2.24, 2.45) is 7.05 Å². The van der Waals surface area contributed by atoms with Gasteiger partial charge in [0.05, 0.1) is 12.1 Å². The molecule has 2 aromatic rings. The van der Waals surface area contributed by atoms with Gasteiger partial charge < -0.3 is 13.5 Å². The highest BCUT2D eigenvalue weighted by atomic mass is 32.2. The van der Waals surface area contributed by atoms with E-state index >= 15 is 0 Å². The van der Waals surface area contributed by atoms with Crippen LogP contribution in [0, 0.1) is 0 Å². The fraction of sp³-hybridized carbons (Fsp3) is 0.308. The summed E-state index contributed by atoms with van der Waals surface area (Å²) in [6, 6.07) is 5.27. The summed E-state index contributed by atoms with van der Waals surface area (Å²) < 4.78 is 70.0. The molecule has 1 aromatic carbocycles. The van der Waals surface area contributed by atoms with Gasteiger partial charge in [0.25, 0.3) is 0 Å². The lowest BCUT2D eigenvalue weighted by atomic mass is 10.2. The maximum Gasteiger partial charge on any atom is 0.534 e. The van der Waals surface area contributed by atoms with E-state index in [0.717, 1.165) is 6.07 Å². The van der Waals surface area contributed by atoms with E-state index in [1.54, 1.807) is 6.92 Å². The Hall–Kier alpha value is -2.23. The largest absolute Gasteiger partial charge is 0.534 e. The lowest BCUT2D eigenvalue weighted by Gasteiger charge is -2.11. The molecule has 126 valence electrons. The second kappa shape index (κ2) is 5.76. The maximum atomic E-state index is 12.5. The zero-order valence-corrected chi connectivity index (χ0v) is 12.9. The molecule has 0 aliphatic heterocycles. The van der Waals surface area contributed by atoms with Gasteiger partial charge in [-0.3, -0.25) is 0 Å². The van der Waals surface area contributed by atoms with Crippen molar-refractivity contribution in [3.63, 3.8) is 0 Å². The van der Waals surface area contributed by atoms with E-state index in [9.17, 15) is 26.4 Å². The van der Waals surface area contributed by atoms with Crippen LogP contribution in [0.5, 0.6) is 5.75 Å². The number of carbonyl (C=O) groups excluding carboxylic acids is 1. The summed E-state index contributed by atoms with van der Waals surface area (Å²) in [5.74, 6) is -1.21. The molecule has 0 atom stereocenters. The van der Waals surface area contributed by atoms with Crippen LogP contribution < -0.4 is 4.18 Å². The van der Waals surface area contributed by atoms with Gasteiger partial charge in [-0.1, -0.05) is 12.1 Å². The van der Waals surface area contributed by atoms with Gasteiger partial charge in [-0.25, -0.2) is 4.79 Å². The summed E-state index contributed by atoms with van der Waals surface area (Å²) in [6.45, 7) is 1.72. The Morgan fingerprint density at radius 1 is 1.30 bits per heavy atom. The van der Waals surface area contributed by atoms with Crippen LogP contribution in [-0.2, 0) is 21.9 Å². The number of nitrogens with zero attached hydrogens (tertiary/aromatic N) is 1. The number of hydrogen-bond donors (Lipinski definition) is 0. The standard InChI is InChI=1S/C13H12F3NO5S/c1-3-21-12(18)9-7-8-5-4-6-10(11(8)17(9)2)22-23(19,20)13(14,15)16/h4-7H,3H2,1-2H3. The third-order valence-corrected chi connectivity index (χ3v) is 3.95. The Kier molecular flexibility index (Phi) is 4.29. The molecule has 0 unspecified atom stereocenters. The first-order valence-corrected chi connectivity index (χ1v) is 7.75. The smallest absolute Gasteiger partial charge is 0.461 e. The van der Waals surface area contributed by atoms with Crippen LogP contribution in [0.25, 0.3) is 10.9 Å². The third kappa shape index (κ3) is 3.11. The molecule has 0 aliphatic rings. The van der Waals surface area contributed by atoms with Crippen molar-refractivity contribution < 1.29 is 35.3 Å². The van der Waals surface area contributed by atoms with Crippen LogP contribution in [0.3, 0.4) is 0 Å². The average Bonchev–Trinajstić information content (AvgIpc) is 2.76. The Balaban J connectivity index is 2.57. The van der Waals surface area contributed by atoms with Gasteiger partial charge in [0, 0.05) is 12.4 Å². The number of rotatable bonds is 4. The predicted molar refractivity (Wildman–Crippen MR) is 74.5 cm³/mol. The molecule has 0 bridgehead atoms. The minimum Gasteiger partial charge on any atom is -0.461 e. The van der Waals surface area contributed by atoms with Gasteiger partial charge >= 0.3 is 21.6 Å². The highest BCUT2D eigenvalue weighted by Gasteiger charge is 2.48. The number of alkyl halides is 3. The molecule has 0 amide bonds. The molecule has 0 radical (unpaired) electrons. The third-order valence-electron chi connectivity index (χ3n) is 2.99. The first-order valence-electron chi connectivity index (χ1n) is 6.35. The number of hydrogen-bond acceptors (Lipinski definition) is 5. The molecular formula is C13H12F3NO5S. The predicted octanol–water partition coefficient (Wildman–Crippen LogP) is 2.58. The molecule has 0 fully saturated rings. The number of carbonyl (C=O) groups is 1. The Labute approximate surface area is 129 Å². The van der Waals surface area contributed by atoms with Gasteiger partial charge in [-0.15, -0.1) is 0 Å². The van der Waals surface area contributed by atoms with Gasteiger partial charge in [0.1, 0.15) is 5.69 Å². The summed E-state index contributed by atoms with van der Waals surface area (Å²) in [7, 11) is -4.42. The summed E-state index contributed by atoms with van der Waals surface area (Å²) in [4.78, 5) is 11.8. The van der Waals surface area contributed by atoms with Crippen LogP contribution in [0.15, 0.2) is 24.3 Å². The Morgan fingerprint density at radius 2 is 1.96 bits per heavy atom. The normalized spacial score (nSPS) is 12.4. The topological polar surface area (TPSA) is 74.6 Å². The number of para-hydroxylation sites is 1. The lowest BCUT2D eigenvalue weighted by molar-refractivity contribution is -0.0499. The zero-order valence-electron chi connectivity index (χ0n) is 12.0. The molecule has 1 aromatic heterocycles. The number of benzene rings is 1. The van der Waals surface area contributed by atoms with Crippen molar-refractivity contribution in [2.45, 2.75) is 12.4 Å². The van der Waals surface area contributed by atoms with Crippen molar-refractivity contribution in [2.75, 3.05) is 6.61 Å². The monoisotopic (exact) mass is 351 g/mol.